The van der Waals surface area contributed by atoms with E-state index in [9.17, 15) is 4.39 Å². The maximum atomic E-state index is 13.0. The minimum atomic E-state index is -0.183. The van der Waals surface area contributed by atoms with Gasteiger partial charge in [0.2, 0.25) is 0 Å². The predicted molar refractivity (Wildman–Crippen MR) is 74.4 cm³/mol. The van der Waals surface area contributed by atoms with E-state index in [-0.39, 0.29) is 5.82 Å². The lowest BCUT2D eigenvalue weighted by Crippen LogP contribution is -2.03. The summed E-state index contributed by atoms with van der Waals surface area (Å²) in [6.07, 6.45) is 1.78. The van der Waals surface area contributed by atoms with E-state index in [2.05, 4.69) is 11.4 Å². The summed E-state index contributed by atoms with van der Waals surface area (Å²) in [6.45, 7) is 0.822. The Bertz CT molecular complexity index is 570. The predicted octanol–water partition coefficient (Wildman–Crippen LogP) is 3.74. The molecule has 2 rings (SSSR count). The average molecular weight is 254 g/mol. The summed E-state index contributed by atoms with van der Waals surface area (Å²) in [5, 5.41) is 12.0. The van der Waals surface area contributed by atoms with Crippen molar-refractivity contribution in [3.63, 3.8) is 0 Å². The second-order valence-corrected chi connectivity index (χ2v) is 4.35. The zero-order valence-electron chi connectivity index (χ0n) is 10.6. The Morgan fingerprint density at radius 1 is 1.11 bits per heavy atom. The van der Waals surface area contributed by atoms with Crippen LogP contribution in [0.2, 0.25) is 0 Å². The molecule has 0 fully saturated rings. The second-order valence-electron chi connectivity index (χ2n) is 4.35. The van der Waals surface area contributed by atoms with Gasteiger partial charge in [0, 0.05) is 12.2 Å². The van der Waals surface area contributed by atoms with E-state index in [1.54, 1.807) is 24.3 Å². The molecule has 19 heavy (non-hydrogen) atoms. The van der Waals surface area contributed by atoms with Gasteiger partial charge in [0.15, 0.2) is 0 Å². The van der Waals surface area contributed by atoms with Gasteiger partial charge < -0.3 is 5.32 Å². The molecule has 0 aromatic heterocycles. The monoisotopic (exact) mass is 254 g/mol. The van der Waals surface area contributed by atoms with Crippen molar-refractivity contribution in [1.29, 1.82) is 5.26 Å². The van der Waals surface area contributed by atoms with Crippen molar-refractivity contribution < 1.29 is 4.39 Å². The summed E-state index contributed by atoms with van der Waals surface area (Å²) in [6, 6.07) is 16.1. The first kappa shape index (κ1) is 13.1. The van der Waals surface area contributed by atoms with E-state index in [4.69, 9.17) is 5.26 Å². The lowest BCUT2D eigenvalue weighted by atomic mass is 10.1. The molecule has 3 heteroatoms. The first-order valence-electron chi connectivity index (χ1n) is 6.26. The van der Waals surface area contributed by atoms with Crippen LogP contribution < -0.4 is 5.32 Å². The van der Waals surface area contributed by atoms with Gasteiger partial charge in [-0.3, -0.25) is 0 Å². The Morgan fingerprint density at radius 2 is 1.89 bits per heavy atom. The standard InChI is InChI=1S/C16H15FN2/c17-15-5-1-3-13(11-15)4-2-10-19-16-8-6-14(12-18)7-9-16/h1,3,5-9,11,19H,2,4,10H2. The highest BCUT2D eigenvalue weighted by Crippen LogP contribution is 2.10. The van der Waals surface area contributed by atoms with Crippen molar-refractivity contribution in [1.82, 2.24) is 0 Å². The van der Waals surface area contributed by atoms with Gasteiger partial charge in [0.25, 0.3) is 0 Å². The largest absolute Gasteiger partial charge is 0.385 e. The lowest BCUT2D eigenvalue weighted by Gasteiger charge is -2.06. The third kappa shape index (κ3) is 4.11. The smallest absolute Gasteiger partial charge is 0.123 e. The van der Waals surface area contributed by atoms with Crippen molar-refractivity contribution in [2.45, 2.75) is 12.8 Å². The maximum Gasteiger partial charge on any atom is 0.123 e. The van der Waals surface area contributed by atoms with Crippen LogP contribution in [-0.4, -0.2) is 6.54 Å². The molecule has 2 nitrogen and oxygen atoms in total. The normalized spacial score (nSPS) is 9.89. The Hall–Kier alpha value is -2.34. The SMILES string of the molecule is N#Cc1ccc(NCCCc2cccc(F)c2)cc1. The van der Waals surface area contributed by atoms with Crippen LogP contribution in [0.25, 0.3) is 0 Å². The molecule has 0 aliphatic carbocycles. The van der Waals surface area contributed by atoms with Crippen LogP contribution in [0.15, 0.2) is 48.5 Å². The first-order chi connectivity index (χ1) is 9.28. The molecular formula is C16H15FN2. The van der Waals surface area contributed by atoms with Crippen molar-refractivity contribution in [2.24, 2.45) is 0 Å². The zero-order valence-corrected chi connectivity index (χ0v) is 10.6. The quantitative estimate of drug-likeness (QED) is 0.825. The number of rotatable bonds is 5. The van der Waals surface area contributed by atoms with Gasteiger partial charge in [-0.15, -0.1) is 0 Å². The molecule has 96 valence electrons. The van der Waals surface area contributed by atoms with Gasteiger partial charge in [-0.1, -0.05) is 12.1 Å². The molecule has 1 N–H and O–H groups in total. The van der Waals surface area contributed by atoms with E-state index in [0.717, 1.165) is 30.6 Å². The lowest BCUT2D eigenvalue weighted by molar-refractivity contribution is 0.625. The van der Waals surface area contributed by atoms with E-state index >= 15 is 0 Å². The highest BCUT2D eigenvalue weighted by atomic mass is 19.1. The summed E-state index contributed by atoms with van der Waals surface area (Å²) < 4.78 is 13.0. The number of halogens is 1. The van der Waals surface area contributed by atoms with Crippen molar-refractivity contribution in [3.8, 4) is 6.07 Å². The molecule has 0 amide bonds. The van der Waals surface area contributed by atoms with Gasteiger partial charge >= 0.3 is 0 Å². The Balaban J connectivity index is 1.76. The minimum Gasteiger partial charge on any atom is -0.385 e. The summed E-state index contributed by atoms with van der Waals surface area (Å²) in [4.78, 5) is 0. The number of benzene rings is 2. The van der Waals surface area contributed by atoms with Crippen molar-refractivity contribution >= 4 is 5.69 Å². The summed E-state index contributed by atoms with van der Waals surface area (Å²) in [5.41, 5.74) is 2.67. The van der Waals surface area contributed by atoms with Gasteiger partial charge in [0.05, 0.1) is 11.6 Å². The highest BCUT2D eigenvalue weighted by molar-refractivity contribution is 5.47. The number of hydrogen-bond donors (Lipinski definition) is 1. The zero-order chi connectivity index (χ0) is 13.5. The highest BCUT2D eigenvalue weighted by Gasteiger charge is 1.96. The molecule has 0 unspecified atom stereocenters. The number of aryl methyl sites for hydroxylation is 1. The molecule has 0 saturated carbocycles. The third-order valence-corrected chi connectivity index (χ3v) is 2.87. The summed E-state index contributed by atoms with van der Waals surface area (Å²) in [5.74, 6) is -0.183. The van der Waals surface area contributed by atoms with E-state index in [0.29, 0.717) is 5.56 Å². The number of nitrogens with one attached hydrogen (secondary N) is 1. The van der Waals surface area contributed by atoms with E-state index < -0.39 is 0 Å². The molecule has 0 spiro atoms. The number of anilines is 1. The van der Waals surface area contributed by atoms with Gasteiger partial charge in [-0.2, -0.15) is 5.26 Å². The minimum absolute atomic E-state index is 0.183. The van der Waals surface area contributed by atoms with Crippen LogP contribution in [0.3, 0.4) is 0 Å². The molecular weight excluding hydrogens is 239 g/mol. The van der Waals surface area contributed by atoms with E-state index in [1.807, 2.05) is 18.2 Å². The van der Waals surface area contributed by atoms with E-state index in [1.165, 1.54) is 6.07 Å². The van der Waals surface area contributed by atoms with Crippen LogP contribution in [0, 0.1) is 17.1 Å². The van der Waals surface area contributed by atoms with Crippen LogP contribution in [0.4, 0.5) is 10.1 Å². The Labute approximate surface area is 112 Å². The molecule has 0 radical (unpaired) electrons. The molecule has 0 aliphatic heterocycles. The molecule has 2 aromatic carbocycles. The van der Waals surface area contributed by atoms with Gasteiger partial charge in [-0.25, -0.2) is 4.39 Å². The fourth-order valence-corrected chi connectivity index (χ4v) is 1.88. The molecule has 0 aliphatic rings. The van der Waals surface area contributed by atoms with Crippen molar-refractivity contribution in [2.75, 3.05) is 11.9 Å². The number of nitriles is 1. The van der Waals surface area contributed by atoms with Crippen LogP contribution >= 0.6 is 0 Å². The molecule has 0 saturated heterocycles. The number of hydrogen-bond acceptors (Lipinski definition) is 2. The Morgan fingerprint density at radius 3 is 2.58 bits per heavy atom. The van der Waals surface area contributed by atoms with Crippen LogP contribution in [0.1, 0.15) is 17.5 Å². The fourth-order valence-electron chi connectivity index (χ4n) is 1.88. The molecule has 2 aromatic rings. The average Bonchev–Trinajstić information content (AvgIpc) is 2.44. The van der Waals surface area contributed by atoms with Crippen molar-refractivity contribution in [3.05, 3.63) is 65.5 Å². The fraction of sp³-hybridized carbons (Fsp3) is 0.188. The second kappa shape index (κ2) is 6.55. The topological polar surface area (TPSA) is 35.8 Å². The van der Waals surface area contributed by atoms with Crippen LogP contribution in [0.5, 0.6) is 0 Å². The molecule has 0 atom stereocenters. The number of nitrogens with zero attached hydrogens (tertiary/aromatic N) is 1. The maximum absolute atomic E-state index is 13.0. The molecule has 0 heterocycles. The Kier molecular flexibility index (Phi) is 4.52. The molecule has 0 bridgehead atoms. The van der Waals surface area contributed by atoms with Crippen LogP contribution in [-0.2, 0) is 6.42 Å². The van der Waals surface area contributed by atoms with Gasteiger partial charge in [-0.05, 0) is 54.8 Å². The summed E-state index contributed by atoms with van der Waals surface area (Å²) in [7, 11) is 0. The first-order valence-corrected chi connectivity index (χ1v) is 6.26. The van der Waals surface area contributed by atoms with Gasteiger partial charge in [0.1, 0.15) is 5.82 Å². The summed E-state index contributed by atoms with van der Waals surface area (Å²) >= 11 is 0. The third-order valence-electron chi connectivity index (χ3n) is 2.87.